The van der Waals surface area contributed by atoms with Gasteiger partial charge in [0.25, 0.3) is 0 Å². The Balaban J connectivity index is 2.34. The number of hydrogen-bond donors (Lipinski definition) is 2. The summed E-state index contributed by atoms with van der Waals surface area (Å²) in [7, 11) is 0. The number of rotatable bonds is 1. The first-order valence-corrected chi connectivity index (χ1v) is 4.48. The van der Waals surface area contributed by atoms with Gasteiger partial charge in [0, 0.05) is 0 Å². The zero-order valence-electron chi connectivity index (χ0n) is 8.17. The summed E-state index contributed by atoms with van der Waals surface area (Å²) in [5.41, 5.74) is 11.0. The van der Waals surface area contributed by atoms with Crippen LogP contribution in [0.1, 0.15) is 33.6 Å². The minimum absolute atomic E-state index is 0.229. The third kappa shape index (κ3) is 2.13. The van der Waals surface area contributed by atoms with Crippen LogP contribution in [0, 0.1) is 11.3 Å². The fraction of sp³-hybridized carbons (Fsp3) is 0.889. The van der Waals surface area contributed by atoms with E-state index in [1.54, 1.807) is 0 Å². The highest BCUT2D eigenvalue weighted by atomic mass is 15.0. The molecule has 1 saturated carbocycles. The molecule has 0 amide bonds. The van der Waals surface area contributed by atoms with Gasteiger partial charge in [-0.1, -0.05) is 20.8 Å². The van der Waals surface area contributed by atoms with Crippen LogP contribution in [0.4, 0.5) is 0 Å². The molecular formula is C9H19N3. The topological polar surface area (TPSA) is 64.4 Å². The Morgan fingerprint density at radius 1 is 1.25 bits per heavy atom. The monoisotopic (exact) mass is 169 g/mol. The van der Waals surface area contributed by atoms with Crippen LogP contribution >= 0.6 is 0 Å². The third-order valence-corrected chi connectivity index (χ3v) is 2.67. The van der Waals surface area contributed by atoms with Crippen molar-refractivity contribution in [2.75, 3.05) is 0 Å². The number of guanidine groups is 1. The van der Waals surface area contributed by atoms with E-state index >= 15 is 0 Å². The van der Waals surface area contributed by atoms with Gasteiger partial charge in [0.1, 0.15) is 0 Å². The molecule has 12 heavy (non-hydrogen) atoms. The van der Waals surface area contributed by atoms with Gasteiger partial charge in [-0.15, -0.1) is 0 Å². The summed E-state index contributed by atoms with van der Waals surface area (Å²) in [6, 6.07) is 0.388. The van der Waals surface area contributed by atoms with Crippen molar-refractivity contribution in [3.8, 4) is 0 Å². The maximum absolute atomic E-state index is 5.29. The van der Waals surface area contributed by atoms with Crippen LogP contribution in [0.15, 0.2) is 4.99 Å². The molecule has 70 valence electrons. The van der Waals surface area contributed by atoms with Crippen LogP contribution in [0.2, 0.25) is 0 Å². The average Bonchev–Trinajstić information content (AvgIpc) is 1.73. The van der Waals surface area contributed by atoms with E-state index in [1.165, 1.54) is 0 Å². The fourth-order valence-electron chi connectivity index (χ4n) is 1.61. The Labute approximate surface area is 74.2 Å². The molecule has 0 aromatic rings. The van der Waals surface area contributed by atoms with E-state index in [0.717, 1.165) is 18.8 Å². The van der Waals surface area contributed by atoms with Gasteiger partial charge in [0.05, 0.1) is 6.04 Å². The first kappa shape index (κ1) is 9.36. The SMILES string of the molecule is CC(C)(C)C1CC(N=C(N)N)C1. The Morgan fingerprint density at radius 2 is 1.75 bits per heavy atom. The molecule has 0 saturated heterocycles. The number of nitrogens with zero attached hydrogens (tertiary/aromatic N) is 1. The molecule has 0 heterocycles. The van der Waals surface area contributed by atoms with Crippen molar-refractivity contribution in [2.24, 2.45) is 27.8 Å². The van der Waals surface area contributed by atoms with Crippen molar-refractivity contribution < 1.29 is 0 Å². The van der Waals surface area contributed by atoms with Crippen LogP contribution in [0.25, 0.3) is 0 Å². The molecule has 0 aliphatic heterocycles. The zero-order chi connectivity index (χ0) is 9.35. The Morgan fingerprint density at radius 3 is 2.08 bits per heavy atom. The van der Waals surface area contributed by atoms with Gasteiger partial charge < -0.3 is 11.5 Å². The van der Waals surface area contributed by atoms with Gasteiger partial charge in [-0.05, 0) is 24.2 Å². The quantitative estimate of drug-likeness (QED) is 0.456. The molecule has 0 spiro atoms. The highest BCUT2D eigenvalue weighted by Crippen LogP contribution is 2.42. The Hall–Kier alpha value is -0.730. The van der Waals surface area contributed by atoms with Crippen molar-refractivity contribution in [1.82, 2.24) is 0 Å². The molecule has 1 aliphatic rings. The third-order valence-electron chi connectivity index (χ3n) is 2.67. The first-order valence-electron chi connectivity index (χ1n) is 4.48. The predicted molar refractivity (Wildman–Crippen MR) is 51.8 cm³/mol. The van der Waals surface area contributed by atoms with E-state index < -0.39 is 0 Å². The molecule has 0 radical (unpaired) electrons. The Kier molecular flexibility index (Phi) is 2.31. The predicted octanol–water partition coefficient (Wildman–Crippen LogP) is 1.08. The highest BCUT2D eigenvalue weighted by Gasteiger charge is 2.36. The summed E-state index contributed by atoms with van der Waals surface area (Å²) < 4.78 is 0. The number of nitrogens with two attached hydrogens (primary N) is 2. The van der Waals surface area contributed by atoms with E-state index in [0.29, 0.717) is 11.5 Å². The van der Waals surface area contributed by atoms with E-state index in [9.17, 15) is 0 Å². The van der Waals surface area contributed by atoms with Gasteiger partial charge in [0.2, 0.25) is 0 Å². The van der Waals surface area contributed by atoms with Crippen molar-refractivity contribution >= 4 is 5.96 Å². The van der Waals surface area contributed by atoms with Crippen LogP contribution in [-0.2, 0) is 0 Å². The van der Waals surface area contributed by atoms with Crippen molar-refractivity contribution in [3.05, 3.63) is 0 Å². The molecule has 1 aliphatic carbocycles. The zero-order valence-corrected chi connectivity index (χ0v) is 8.17. The molecular weight excluding hydrogens is 150 g/mol. The lowest BCUT2D eigenvalue weighted by Crippen LogP contribution is -2.38. The fourth-order valence-corrected chi connectivity index (χ4v) is 1.61. The molecule has 0 bridgehead atoms. The number of hydrogen-bond acceptors (Lipinski definition) is 1. The molecule has 0 atom stereocenters. The first-order chi connectivity index (χ1) is 5.39. The van der Waals surface area contributed by atoms with Crippen LogP contribution in [0.5, 0.6) is 0 Å². The van der Waals surface area contributed by atoms with Crippen LogP contribution < -0.4 is 11.5 Å². The number of aliphatic imine (C=N–C) groups is 1. The molecule has 0 aromatic heterocycles. The summed E-state index contributed by atoms with van der Waals surface area (Å²) in [4.78, 5) is 4.12. The van der Waals surface area contributed by atoms with Crippen molar-refractivity contribution in [2.45, 2.75) is 39.7 Å². The normalized spacial score (nSPS) is 29.2. The highest BCUT2D eigenvalue weighted by molar-refractivity contribution is 5.75. The second-order valence-electron chi connectivity index (χ2n) is 4.74. The lowest BCUT2D eigenvalue weighted by atomic mass is 9.66. The molecule has 1 fully saturated rings. The maximum atomic E-state index is 5.29. The van der Waals surface area contributed by atoms with Gasteiger partial charge >= 0.3 is 0 Å². The largest absolute Gasteiger partial charge is 0.370 e. The molecule has 3 nitrogen and oxygen atoms in total. The summed E-state index contributed by atoms with van der Waals surface area (Å²) in [5, 5.41) is 0. The lowest BCUT2D eigenvalue weighted by Gasteiger charge is -2.41. The van der Waals surface area contributed by atoms with Gasteiger partial charge in [-0.3, -0.25) is 4.99 Å². The van der Waals surface area contributed by atoms with Crippen LogP contribution in [-0.4, -0.2) is 12.0 Å². The second-order valence-corrected chi connectivity index (χ2v) is 4.74. The summed E-state index contributed by atoms with van der Waals surface area (Å²) >= 11 is 0. The van der Waals surface area contributed by atoms with Gasteiger partial charge in [0.15, 0.2) is 5.96 Å². The average molecular weight is 169 g/mol. The summed E-state index contributed by atoms with van der Waals surface area (Å²) in [6.45, 7) is 6.80. The summed E-state index contributed by atoms with van der Waals surface area (Å²) in [5.74, 6) is 1.01. The molecule has 4 N–H and O–H groups in total. The van der Waals surface area contributed by atoms with E-state index in [-0.39, 0.29) is 5.96 Å². The van der Waals surface area contributed by atoms with E-state index in [1.807, 2.05) is 0 Å². The minimum Gasteiger partial charge on any atom is -0.370 e. The Bertz CT molecular complexity index is 180. The standard InChI is InChI=1S/C9H19N3/c1-9(2,3)6-4-7(5-6)12-8(10)11/h6-7H,4-5H2,1-3H3,(H4,10,11,12). The van der Waals surface area contributed by atoms with Gasteiger partial charge in [-0.2, -0.15) is 0 Å². The van der Waals surface area contributed by atoms with E-state index in [2.05, 4.69) is 25.8 Å². The lowest BCUT2D eigenvalue weighted by molar-refractivity contribution is 0.118. The molecule has 0 aromatic carbocycles. The minimum atomic E-state index is 0.229. The smallest absolute Gasteiger partial charge is 0.186 e. The van der Waals surface area contributed by atoms with Crippen molar-refractivity contribution in [1.29, 1.82) is 0 Å². The van der Waals surface area contributed by atoms with Crippen molar-refractivity contribution in [3.63, 3.8) is 0 Å². The van der Waals surface area contributed by atoms with E-state index in [4.69, 9.17) is 11.5 Å². The van der Waals surface area contributed by atoms with Crippen LogP contribution in [0.3, 0.4) is 0 Å². The van der Waals surface area contributed by atoms with Gasteiger partial charge in [-0.25, -0.2) is 0 Å². The maximum Gasteiger partial charge on any atom is 0.186 e. The molecule has 1 rings (SSSR count). The second kappa shape index (κ2) is 2.96. The molecule has 3 heteroatoms. The summed E-state index contributed by atoms with van der Waals surface area (Å²) in [6.07, 6.45) is 2.28. The molecule has 0 unspecified atom stereocenters.